The van der Waals surface area contributed by atoms with Crippen molar-refractivity contribution in [1.29, 1.82) is 0 Å². The van der Waals surface area contributed by atoms with Crippen LogP contribution in [0.15, 0.2) is 35.5 Å². The molecule has 0 spiro atoms. The van der Waals surface area contributed by atoms with E-state index in [1.54, 1.807) is 20.1 Å². The third-order valence-corrected chi connectivity index (χ3v) is 5.28. The van der Waals surface area contributed by atoms with Gasteiger partial charge < -0.3 is 29.5 Å². The number of carbonyl (C=O) groups excluding carboxylic acids is 1. The highest BCUT2D eigenvalue weighted by molar-refractivity contribution is 6.02. The largest absolute Gasteiger partial charge is 0.497 e. The van der Waals surface area contributed by atoms with Crippen LogP contribution in [-0.4, -0.2) is 71.9 Å². The minimum Gasteiger partial charge on any atom is -0.497 e. The van der Waals surface area contributed by atoms with E-state index in [-0.39, 0.29) is 36.5 Å². The average Bonchev–Trinajstić information content (AvgIpc) is 3.33. The maximum atomic E-state index is 12.7. The maximum absolute atomic E-state index is 12.7. The number of hydrogen-bond acceptors (Lipinski definition) is 9. The Hall–Kier alpha value is -3.08. The van der Waals surface area contributed by atoms with Gasteiger partial charge in [0.25, 0.3) is 5.91 Å². The molecule has 2 aliphatic heterocycles. The van der Waals surface area contributed by atoms with Gasteiger partial charge in [0.2, 0.25) is 0 Å². The number of nitrogens with one attached hydrogen (secondary N) is 1. The molecule has 4 rings (SSSR count). The van der Waals surface area contributed by atoms with E-state index in [0.717, 1.165) is 11.3 Å². The molecule has 0 bridgehead atoms. The monoisotopic (exact) mass is 442 g/mol. The molecule has 2 aromatic rings. The van der Waals surface area contributed by atoms with Crippen molar-refractivity contribution in [2.24, 2.45) is 5.16 Å². The normalized spacial score (nSPS) is 22.7. The van der Waals surface area contributed by atoms with Crippen LogP contribution in [0.4, 0.5) is 0 Å². The number of hydrogen-bond donors (Lipinski definition) is 2. The summed E-state index contributed by atoms with van der Waals surface area (Å²) in [6.45, 7) is 2.64. The lowest BCUT2D eigenvalue weighted by atomic mass is 10.0. The number of aromatic nitrogens is 2. The number of rotatable bonds is 7. The molecule has 0 radical (unpaired) electrons. The van der Waals surface area contributed by atoms with Crippen molar-refractivity contribution < 1.29 is 28.9 Å². The molecule has 170 valence electrons. The molecule has 1 saturated heterocycles. The first-order valence-corrected chi connectivity index (χ1v) is 10.4. The second kappa shape index (κ2) is 10.0. The predicted octanol–water partition coefficient (Wildman–Crippen LogP) is 0.993. The van der Waals surface area contributed by atoms with Gasteiger partial charge in [-0.25, -0.2) is 9.97 Å². The summed E-state index contributed by atoms with van der Waals surface area (Å²) in [4.78, 5) is 26.9. The van der Waals surface area contributed by atoms with Crippen molar-refractivity contribution in [1.82, 2.24) is 15.3 Å². The molecule has 0 unspecified atom stereocenters. The van der Waals surface area contributed by atoms with E-state index < -0.39 is 0 Å². The highest BCUT2D eigenvalue weighted by Gasteiger charge is 2.35. The molecule has 1 aromatic heterocycles. The fraction of sp³-hybridized carbons (Fsp3) is 0.455. The van der Waals surface area contributed by atoms with Crippen LogP contribution in [-0.2, 0) is 20.9 Å². The number of methoxy groups -OCH3 is 1. The Kier molecular flexibility index (Phi) is 6.93. The second-order valence-corrected chi connectivity index (χ2v) is 7.61. The van der Waals surface area contributed by atoms with Crippen LogP contribution in [0.3, 0.4) is 0 Å². The summed E-state index contributed by atoms with van der Waals surface area (Å²) in [7, 11) is 1.61. The molecular weight excluding hydrogens is 416 g/mol. The zero-order valence-corrected chi connectivity index (χ0v) is 18.0. The zero-order valence-electron chi connectivity index (χ0n) is 18.0. The molecule has 2 aliphatic rings. The number of oxime groups is 1. The first-order chi connectivity index (χ1) is 15.6. The van der Waals surface area contributed by atoms with Crippen molar-refractivity contribution in [2.45, 2.75) is 38.2 Å². The molecule has 0 saturated carbocycles. The molecule has 3 heterocycles. The zero-order chi connectivity index (χ0) is 22.5. The number of benzene rings is 1. The summed E-state index contributed by atoms with van der Waals surface area (Å²) in [5, 5.41) is 16.2. The highest BCUT2D eigenvalue weighted by atomic mass is 16.7. The minimum atomic E-state index is -0.313. The van der Waals surface area contributed by atoms with Crippen LogP contribution < -0.4 is 10.1 Å². The molecule has 2 N–H and O–H groups in total. The summed E-state index contributed by atoms with van der Waals surface area (Å²) in [5.74, 6) is 0.918. The maximum Gasteiger partial charge on any atom is 0.270 e. The van der Waals surface area contributed by atoms with Crippen LogP contribution in [0.2, 0.25) is 0 Å². The number of nitrogens with zero attached hydrogens (tertiary/aromatic N) is 3. The van der Waals surface area contributed by atoms with E-state index in [1.165, 1.54) is 0 Å². The summed E-state index contributed by atoms with van der Waals surface area (Å²) in [6, 6.07) is 9.07. The first kappa shape index (κ1) is 22.1. The number of amides is 1. The van der Waals surface area contributed by atoms with Crippen molar-refractivity contribution in [2.75, 3.05) is 26.9 Å². The van der Waals surface area contributed by atoms with Crippen LogP contribution in [0.5, 0.6) is 5.75 Å². The van der Waals surface area contributed by atoms with E-state index in [4.69, 9.17) is 24.2 Å². The van der Waals surface area contributed by atoms with Gasteiger partial charge in [-0.1, -0.05) is 17.3 Å². The van der Waals surface area contributed by atoms with E-state index in [1.807, 2.05) is 24.3 Å². The van der Waals surface area contributed by atoms with E-state index in [9.17, 15) is 4.79 Å². The third kappa shape index (κ3) is 5.21. The standard InChI is InChI=1S/C22H26N4O6/c1-13-24-17(18-8-20(32-26-18)21-12-30-16(10-27)11-31-21)7-19(25-13)22(28)23-9-14-3-5-15(29-2)6-4-14/h3-7,16,20-21,27H,8-12H2,1-2H3,(H,23,28)/t16-,20-,21-/m1/s1. The van der Waals surface area contributed by atoms with Gasteiger partial charge in [-0.2, -0.15) is 0 Å². The number of ether oxygens (including phenoxy) is 3. The van der Waals surface area contributed by atoms with E-state index >= 15 is 0 Å². The van der Waals surface area contributed by atoms with E-state index in [2.05, 4.69) is 20.4 Å². The number of aliphatic hydroxyl groups is 1. The lowest BCUT2D eigenvalue weighted by Gasteiger charge is -2.30. The first-order valence-electron chi connectivity index (χ1n) is 10.4. The van der Waals surface area contributed by atoms with Gasteiger partial charge in [0.15, 0.2) is 6.10 Å². The van der Waals surface area contributed by atoms with Gasteiger partial charge in [-0.15, -0.1) is 0 Å². The number of carbonyl (C=O) groups is 1. The van der Waals surface area contributed by atoms with Gasteiger partial charge in [0.1, 0.15) is 35.2 Å². The Balaban J connectivity index is 1.37. The molecule has 10 nitrogen and oxygen atoms in total. The lowest BCUT2D eigenvalue weighted by Crippen LogP contribution is -2.43. The number of aryl methyl sites for hydroxylation is 1. The topological polar surface area (TPSA) is 124 Å². The van der Waals surface area contributed by atoms with Crippen molar-refractivity contribution >= 4 is 11.6 Å². The quantitative estimate of drug-likeness (QED) is 0.651. The molecule has 1 amide bonds. The Morgan fingerprint density at radius 2 is 2.00 bits per heavy atom. The van der Waals surface area contributed by atoms with Gasteiger partial charge in [0.05, 0.1) is 32.6 Å². The Morgan fingerprint density at radius 1 is 1.19 bits per heavy atom. The Bertz CT molecular complexity index is 973. The molecular formula is C22H26N4O6. The number of aliphatic hydroxyl groups excluding tert-OH is 1. The van der Waals surface area contributed by atoms with E-state index in [0.29, 0.717) is 43.4 Å². The second-order valence-electron chi connectivity index (χ2n) is 7.61. The summed E-state index contributed by atoms with van der Waals surface area (Å²) in [5.41, 5.74) is 2.37. The molecule has 1 aromatic carbocycles. The Morgan fingerprint density at radius 3 is 2.69 bits per heavy atom. The summed E-state index contributed by atoms with van der Waals surface area (Å²) < 4.78 is 16.4. The smallest absolute Gasteiger partial charge is 0.270 e. The van der Waals surface area contributed by atoms with Crippen LogP contribution in [0.25, 0.3) is 0 Å². The van der Waals surface area contributed by atoms with Gasteiger partial charge in [0, 0.05) is 13.0 Å². The van der Waals surface area contributed by atoms with Crippen LogP contribution in [0.1, 0.15) is 34.0 Å². The average molecular weight is 442 g/mol. The lowest BCUT2D eigenvalue weighted by molar-refractivity contribution is -0.178. The molecule has 32 heavy (non-hydrogen) atoms. The van der Waals surface area contributed by atoms with Crippen LogP contribution in [0, 0.1) is 6.92 Å². The molecule has 3 atom stereocenters. The molecule has 1 fully saturated rings. The van der Waals surface area contributed by atoms with Crippen molar-refractivity contribution in [3.05, 3.63) is 53.1 Å². The summed E-state index contributed by atoms with van der Waals surface area (Å²) in [6.07, 6.45) is -0.431. The molecule has 0 aliphatic carbocycles. The fourth-order valence-corrected chi connectivity index (χ4v) is 3.47. The van der Waals surface area contributed by atoms with Crippen LogP contribution >= 0.6 is 0 Å². The van der Waals surface area contributed by atoms with Gasteiger partial charge >= 0.3 is 0 Å². The van der Waals surface area contributed by atoms with Gasteiger partial charge in [-0.05, 0) is 30.7 Å². The SMILES string of the molecule is COc1ccc(CNC(=O)c2cc(C3=NO[C@@H]([C@H]4CO[C@H](CO)CO4)C3)nc(C)n2)cc1. The summed E-state index contributed by atoms with van der Waals surface area (Å²) >= 11 is 0. The minimum absolute atomic E-state index is 0.0798. The molecule has 10 heteroatoms. The van der Waals surface area contributed by atoms with Crippen molar-refractivity contribution in [3.63, 3.8) is 0 Å². The fourth-order valence-electron chi connectivity index (χ4n) is 3.47. The van der Waals surface area contributed by atoms with Gasteiger partial charge in [-0.3, -0.25) is 4.79 Å². The Labute approximate surface area is 185 Å². The van der Waals surface area contributed by atoms with Crippen molar-refractivity contribution in [3.8, 4) is 5.75 Å². The third-order valence-electron chi connectivity index (χ3n) is 5.28. The predicted molar refractivity (Wildman–Crippen MR) is 114 cm³/mol. The highest BCUT2D eigenvalue weighted by Crippen LogP contribution is 2.23.